The zero-order valence-corrected chi connectivity index (χ0v) is 16.6. The molecule has 1 fully saturated rings. The van der Waals surface area contributed by atoms with Gasteiger partial charge in [-0.1, -0.05) is 6.92 Å². The zero-order chi connectivity index (χ0) is 18.5. The number of fused-ring (bicyclic) bond motifs is 1. The first kappa shape index (κ1) is 17.7. The molecule has 2 unspecified atom stereocenters. The van der Waals surface area contributed by atoms with Crippen LogP contribution in [-0.2, 0) is 22.7 Å². The molecule has 2 aromatic rings. The second-order valence-corrected chi connectivity index (χ2v) is 10.7. The van der Waals surface area contributed by atoms with Crippen LogP contribution in [0.3, 0.4) is 0 Å². The predicted octanol–water partition coefficient (Wildman–Crippen LogP) is 2.99. The van der Waals surface area contributed by atoms with Crippen LogP contribution in [0.15, 0.2) is 11.4 Å². The van der Waals surface area contributed by atoms with Crippen molar-refractivity contribution in [3.8, 4) is 0 Å². The van der Waals surface area contributed by atoms with E-state index in [1.54, 1.807) is 16.0 Å². The van der Waals surface area contributed by atoms with Gasteiger partial charge in [-0.3, -0.25) is 4.79 Å². The maximum absolute atomic E-state index is 12.9. The monoisotopic (exact) mass is 393 g/mol. The third-order valence-electron chi connectivity index (χ3n) is 5.30. The molecular formula is C18H23N3O3S2. The van der Waals surface area contributed by atoms with Gasteiger partial charge in [-0.2, -0.15) is 5.10 Å². The number of aromatic nitrogens is 2. The fourth-order valence-electron chi connectivity index (χ4n) is 3.91. The quantitative estimate of drug-likeness (QED) is 0.869. The molecule has 2 aliphatic rings. The summed E-state index contributed by atoms with van der Waals surface area (Å²) in [6.45, 7) is 4.10. The van der Waals surface area contributed by atoms with Gasteiger partial charge in [0.05, 0.1) is 28.8 Å². The molecule has 1 aliphatic carbocycles. The summed E-state index contributed by atoms with van der Waals surface area (Å²) in [4.78, 5) is 14.2. The Morgan fingerprint density at radius 2 is 2.19 bits per heavy atom. The number of carbonyl (C=O) groups excluding carboxylic acids is 1. The zero-order valence-electron chi connectivity index (χ0n) is 15.0. The van der Waals surface area contributed by atoms with Crippen molar-refractivity contribution in [2.45, 2.75) is 45.6 Å². The van der Waals surface area contributed by atoms with Gasteiger partial charge in [0, 0.05) is 16.3 Å². The summed E-state index contributed by atoms with van der Waals surface area (Å²) in [5.74, 6) is 1.39. The number of anilines is 1. The van der Waals surface area contributed by atoms with Crippen molar-refractivity contribution < 1.29 is 13.2 Å². The summed E-state index contributed by atoms with van der Waals surface area (Å²) < 4.78 is 25.3. The lowest BCUT2D eigenvalue weighted by Gasteiger charge is -2.19. The molecular weight excluding hydrogens is 370 g/mol. The Morgan fingerprint density at radius 3 is 2.92 bits per heavy atom. The highest BCUT2D eigenvalue weighted by Crippen LogP contribution is 2.33. The summed E-state index contributed by atoms with van der Waals surface area (Å²) in [6, 6.07) is 1.60. The number of thiophene rings is 1. The lowest BCUT2D eigenvalue weighted by Crippen LogP contribution is -2.21. The SMILES string of the molecule is Cc1cc(NC(=O)c2csc3c2CCC(C)C3)n(C2CCS(=O)(=O)C2)n1. The van der Waals surface area contributed by atoms with Gasteiger partial charge < -0.3 is 5.32 Å². The van der Waals surface area contributed by atoms with Crippen LogP contribution in [0.5, 0.6) is 0 Å². The molecule has 1 aliphatic heterocycles. The van der Waals surface area contributed by atoms with E-state index in [1.807, 2.05) is 18.4 Å². The first-order valence-corrected chi connectivity index (χ1v) is 11.7. The lowest BCUT2D eigenvalue weighted by atomic mass is 9.88. The Hall–Kier alpha value is -1.67. The molecule has 4 rings (SSSR count). The van der Waals surface area contributed by atoms with Gasteiger partial charge >= 0.3 is 0 Å². The molecule has 0 bridgehead atoms. The normalized spacial score (nSPS) is 24.4. The maximum Gasteiger partial charge on any atom is 0.257 e. The highest BCUT2D eigenvalue weighted by Gasteiger charge is 2.32. The summed E-state index contributed by atoms with van der Waals surface area (Å²) in [6.07, 6.45) is 3.64. The van der Waals surface area contributed by atoms with Crippen molar-refractivity contribution in [1.82, 2.24) is 9.78 Å². The highest BCUT2D eigenvalue weighted by molar-refractivity contribution is 7.91. The second-order valence-electron chi connectivity index (χ2n) is 7.53. The molecule has 0 aromatic carbocycles. The van der Waals surface area contributed by atoms with E-state index in [-0.39, 0.29) is 23.5 Å². The highest BCUT2D eigenvalue weighted by atomic mass is 32.2. The molecule has 26 heavy (non-hydrogen) atoms. The van der Waals surface area contributed by atoms with Crippen molar-refractivity contribution in [3.05, 3.63) is 33.1 Å². The van der Waals surface area contributed by atoms with Crippen LogP contribution in [0.2, 0.25) is 0 Å². The van der Waals surface area contributed by atoms with Crippen molar-refractivity contribution in [2.75, 3.05) is 16.8 Å². The van der Waals surface area contributed by atoms with E-state index >= 15 is 0 Å². The number of amides is 1. The topological polar surface area (TPSA) is 81.1 Å². The van der Waals surface area contributed by atoms with Crippen LogP contribution in [0.25, 0.3) is 0 Å². The largest absolute Gasteiger partial charge is 0.307 e. The molecule has 2 aromatic heterocycles. The Bertz CT molecular complexity index is 958. The number of carbonyl (C=O) groups is 1. The predicted molar refractivity (Wildman–Crippen MR) is 103 cm³/mol. The van der Waals surface area contributed by atoms with E-state index < -0.39 is 9.84 Å². The number of nitrogens with zero attached hydrogens (tertiary/aromatic N) is 2. The van der Waals surface area contributed by atoms with Crippen molar-refractivity contribution in [2.24, 2.45) is 5.92 Å². The molecule has 6 nitrogen and oxygen atoms in total. The molecule has 1 amide bonds. The Balaban J connectivity index is 1.58. The number of hydrogen-bond donors (Lipinski definition) is 1. The van der Waals surface area contributed by atoms with Crippen molar-refractivity contribution in [1.29, 1.82) is 0 Å². The van der Waals surface area contributed by atoms with E-state index in [1.165, 1.54) is 10.4 Å². The van der Waals surface area contributed by atoms with Crippen LogP contribution in [-0.4, -0.2) is 35.6 Å². The number of hydrogen-bond acceptors (Lipinski definition) is 5. The van der Waals surface area contributed by atoms with Crippen molar-refractivity contribution >= 4 is 32.9 Å². The molecule has 0 saturated carbocycles. The summed E-state index contributed by atoms with van der Waals surface area (Å²) >= 11 is 1.67. The van der Waals surface area contributed by atoms with Crippen LogP contribution in [0, 0.1) is 12.8 Å². The smallest absolute Gasteiger partial charge is 0.257 e. The van der Waals surface area contributed by atoms with Gasteiger partial charge in [-0.25, -0.2) is 13.1 Å². The molecule has 0 spiro atoms. The Labute approximate surface area is 157 Å². The van der Waals surface area contributed by atoms with E-state index in [2.05, 4.69) is 17.3 Å². The third-order valence-corrected chi connectivity index (χ3v) is 8.10. The maximum atomic E-state index is 12.9. The molecule has 0 radical (unpaired) electrons. The third kappa shape index (κ3) is 3.32. The van der Waals surface area contributed by atoms with E-state index in [0.717, 1.165) is 30.5 Å². The fourth-order valence-corrected chi connectivity index (χ4v) is 6.84. The Morgan fingerprint density at radius 1 is 1.38 bits per heavy atom. The van der Waals surface area contributed by atoms with Gasteiger partial charge in [0.2, 0.25) is 0 Å². The first-order valence-electron chi connectivity index (χ1n) is 8.99. The molecule has 3 heterocycles. The number of aryl methyl sites for hydroxylation is 1. The molecule has 8 heteroatoms. The molecule has 2 atom stereocenters. The first-order chi connectivity index (χ1) is 12.3. The summed E-state index contributed by atoms with van der Waals surface area (Å²) in [5.41, 5.74) is 2.70. The average Bonchev–Trinajstić information content (AvgIpc) is 3.23. The van der Waals surface area contributed by atoms with Gasteiger partial charge in [-0.15, -0.1) is 11.3 Å². The number of nitrogens with one attached hydrogen (secondary N) is 1. The van der Waals surface area contributed by atoms with E-state index in [0.29, 0.717) is 18.2 Å². The molecule has 140 valence electrons. The fraction of sp³-hybridized carbons (Fsp3) is 0.556. The second kappa shape index (κ2) is 6.49. The van der Waals surface area contributed by atoms with Gasteiger partial charge in [0.25, 0.3) is 5.91 Å². The number of sulfone groups is 1. The van der Waals surface area contributed by atoms with Gasteiger partial charge in [-0.05, 0) is 44.1 Å². The number of rotatable bonds is 3. The van der Waals surface area contributed by atoms with Gasteiger partial charge in [0.1, 0.15) is 5.82 Å². The minimum atomic E-state index is -3.01. The minimum Gasteiger partial charge on any atom is -0.307 e. The summed E-state index contributed by atoms with van der Waals surface area (Å²) in [7, 11) is -3.01. The van der Waals surface area contributed by atoms with E-state index in [4.69, 9.17) is 0 Å². The lowest BCUT2D eigenvalue weighted by molar-refractivity contribution is 0.102. The van der Waals surface area contributed by atoms with Crippen LogP contribution in [0.4, 0.5) is 5.82 Å². The summed E-state index contributed by atoms with van der Waals surface area (Å²) in [5, 5.41) is 9.35. The molecule has 1 N–H and O–H groups in total. The van der Waals surface area contributed by atoms with Crippen LogP contribution in [0.1, 0.15) is 52.3 Å². The Kier molecular flexibility index (Phi) is 4.43. The average molecular weight is 394 g/mol. The minimum absolute atomic E-state index is 0.0860. The van der Waals surface area contributed by atoms with Crippen LogP contribution >= 0.6 is 11.3 Å². The van der Waals surface area contributed by atoms with Gasteiger partial charge in [0.15, 0.2) is 9.84 Å². The van der Waals surface area contributed by atoms with E-state index in [9.17, 15) is 13.2 Å². The van der Waals surface area contributed by atoms with Crippen LogP contribution < -0.4 is 5.32 Å². The van der Waals surface area contributed by atoms with Crippen molar-refractivity contribution in [3.63, 3.8) is 0 Å². The standard InChI is InChI=1S/C18H23N3O3S2/c1-11-3-4-14-15(9-25-16(14)7-11)18(22)19-17-8-12(2)20-21(17)13-5-6-26(23,24)10-13/h8-9,11,13H,3-7,10H2,1-2H3,(H,19,22). The molecule has 1 saturated heterocycles.